The first-order chi connectivity index (χ1) is 5.65. The minimum Gasteiger partial charge on any atom is -0.508 e. The largest absolute Gasteiger partial charge is 0.508 e. The SMILES string of the molecule is COC1=C(O)CCC(C(C)=O)=C1. The van der Waals surface area contributed by atoms with Crippen molar-refractivity contribution in [3.8, 4) is 0 Å². The van der Waals surface area contributed by atoms with Crippen molar-refractivity contribution in [3.05, 3.63) is 23.2 Å². The molecule has 0 radical (unpaired) electrons. The fraction of sp³-hybridized carbons (Fsp3) is 0.444. The van der Waals surface area contributed by atoms with E-state index in [1.807, 2.05) is 0 Å². The average Bonchev–Trinajstić information content (AvgIpc) is 2.05. The van der Waals surface area contributed by atoms with E-state index in [2.05, 4.69) is 0 Å². The van der Waals surface area contributed by atoms with Crippen LogP contribution in [0.5, 0.6) is 0 Å². The van der Waals surface area contributed by atoms with E-state index in [9.17, 15) is 9.90 Å². The molecule has 1 rings (SSSR count). The zero-order valence-electron chi connectivity index (χ0n) is 7.26. The highest BCUT2D eigenvalue weighted by atomic mass is 16.5. The highest BCUT2D eigenvalue weighted by Gasteiger charge is 2.15. The van der Waals surface area contributed by atoms with Gasteiger partial charge in [-0.25, -0.2) is 0 Å². The van der Waals surface area contributed by atoms with E-state index < -0.39 is 0 Å². The van der Waals surface area contributed by atoms with E-state index >= 15 is 0 Å². The lowest BCUT2D eigenvalue weighted by Crippen LogP contribution is -2.05. The Morgan fingerprint density at radius 3 is 2.75 bits per heavy atom. The number of ketones is 1. The van der Waals surface area contributed by atoms with Crippen LogP contribution in [0.3, 0.4) is 0 Å². The van der Waals surface area contributed by atoms with Crippen molar-refractivity contribution in [2.45, 2.75) is 19.8 Å². The third-order valence-corrected chi connectivity index (χ3v) is 1.89. The van der Waals surface area contributed by atoms with Crippen molar-refractivity contribution in [3.63, 3.8) is 0 Å². The smallest absolute Gasteiger partial charge is 0.156 e. The van der Waals surface area contributed by atoms with E-state index in [0.29, 0.717) is 24.2 Å². The predicted octanol–water partition coefficient (Wildman–Crippen LogP) is 1.71. The van der Waals surface area contributed by atoms with Gasteiger partial charge in [0.1, 0.15) is 5.76 Å². The van der Waals surface area contributed by atoms with Gasteiger partial charge in [-0.3, -0.25) is 4.79 Å². The summed E-state index contributed by atoms with van der Waals surface area (Å²) in [5, 5.41) is 9.27. The molecule has 0 fully saturated rings. The van der Waals surface area contributed by atoms with E-state index in [0.717, 1.165) is 0 Å². The molecule has 0 aromatic carbocycles. The molecule has 0 heterocycles. The number of hydrogen-bond donors (Lipinski definition) is 1. The topological polar surface area (TPSA) is 46.5 Å². The van der Waals surface area contributed by atoms with Crippen LogP contribution in [0, 0.1) is 0 Å². The fourth-order valence-electron chi connectivity index (χ4n) is 1.14. The quantitative estimate of drug-likeness (QED) is 0.682. The van der Waals surface area contributed by atoms with E-state index in [-0.39, 0.29) is 11.5 Å². The molecule has 0 spiro atoms. The van der Waals surface area contributed by atoms with Crippen LogP contribution < -0.4 is 0 Å². The molecule has 12 heavy (non-hydrogen) atoms. The Balaban J connectivity index is 2.90. The maximum absolute atomic E-state index is 10.9. The normalized spacial score (nSPS) is 17.3. The van der Waals surface area contributed by atoms with E-state index in [1.165, 1.54) is 14.0 Å². The number of rotatable bonds is 2. The molecule has 1 aliphatic carbocycles. The minimum atomic E-state index is 0.0389. The van der Waals surface area contributed by atoms with Gasteiger partial charge in [0.15, 0.2) is 11.5 Å². The van der Waals surface area contributed by atoms with Crippen LogP contribution in [-0.4, -0.2) is 18.0 Å². The van der Waals surface area contributed by atoms with Gasteiger partial charge in [-0.15, -0.1) is 0 Å². The van der Waals surface area contributed by atoms with Crippen LogP contribution in [0.4, 0.5) is 0 Å². The van der Waals surface area contributed by atoms with Crippen LogP contribution in [0.1, 0.15) is 19.8 Å². The standard InChI is InChI=1S/C9H12O3/c1-6(10)7-3-4-8(11)9(5-7)12-2/h5,11H,3-4H2,1-2H3. The third kappa shape index (κ3) is 1.67. The number of ether oxygens (including phenoxy) is 1. The number of methoxy groups -OCH3 is 1. The maximum Gasteiger partial charge on any atom is 0.156 e. The van der Waals surface area contributed by atoms with Gasteiger partial charge >= 0.3 is 0 Å². The summed E-state index contributed by atoms with van der Waals surface area (Å²) >= 11 is 0. The number of aliphatic hydroxyl groups excluding tert-OH is 1. The first kappa shape index (κ1) is 8.84. The molecule has 0 atom stereocenters. The molecular weight excluding hydrogens is 156 g/mol. The molecule has 0 amide bonds. The van der Waals surface area contributed by atoms with Gasteiger partial charge in [-0.2, -0.15) is 0 Å². The Hall–Kier alpha value is -1.25. The van der Waals surface area contributed by atoms with Crippen molar-refractivity contribution in [2.24, 2.45) is 0 Å². The summed E-state index contributed by atoms with van der Waals surface area (Å²) in [6, 6.07) is 0. The molecule has 66 valence electrons. The minimum absolute atomic E-state index is 0.0389. The summed E-state index contributed by atoms with van der Waals surface area (Å²) in [6.07, 6.45) is 2.70. The van der Waals surface area contributed by atoms with Gasteiger partial charge < -0.3 is 9.84 Å². The average molecular weight is 168 g/mol. The highest BCUT2D eigenvalue weighted by Crippen LogP contribution is 2.22. The van der Waals surface area contributed by atoms with Gasteiger partial charge in [-0.05, 0) is 25.0 Å². The Morgan fingerprint density at radius 2 is 2.25 bits per heavy atom. The highest BCUT2D eigenvalue weighted by molar-refractivity contribution is 5.93. The molecule has 0 aromatic rings. The zero-order valence-corrected chi connectivity index (χ0v) is 7.26. The van der Waals surface area contributed by atoms with E-state index in [1.54, 1.807) is 6.08 Å². The van der Waals surface area contributed by atoms with Gasteiger partial charge in [0.2, 0.25) is 0 Å². The molecule has 1 N–H and O–H groups in total. The van der Waals surface area contributed by atoms with Gasteiger partial charge in [0, 0.05) is 6.42 Å². The van der Waals surface area contributed by atoms with Gasteiger partial charge in [0.25, 0.3) is 0 Å². The number of Topliss-reactive ketones (excluding diaryl/α,β-unsaturated/α-hetero) is 1. The molecule has 0 bridgehead atoms. The summed E-state index contributed by atoms with van der Waals surface area (Å²) in [4.78, 5) is 10.9. The second kappa shape index (κ2) is 3.43. The molecule has 1 aliphatic rings. The summed E-state index contributed by atoms with van der Waals surface area (Å²) in [5.74, 6) is 0.672. The summed E-state index contributed by atoms with van der Waals surface area (Å²) in [6.45, 7) is 1.52. The van der Waals surface area contributed by atoms with Crippen LogP contribution in [-0.2, 0) is 9.53 Å². The molecule has 3 heteroatoms. The Morgan fingerprint density at radius 1 is 1.58 bits per heavy atom. The monoisotopic (exact) mass is 168 g/mol. The number of hydrogen-bond acceptors (Lipinski definition) is 3. The zero-order chi connectivity index (χ0) is 9.14. The second-order valence-corrected chi connectivity index (χ2v) is 2.74. The van der Waals surface area contributed by atoms with Crippen molar-refractivity contribution < 1.29 is 14.6 Å². The second-order valence-electron chi connectivity index (χ2n) is 2.74. The number of allylic oxidation sites excluding steroid dienone is 3. The molecular formula is C9H12O3. The van der Waals surface area contributed by atoms with Crippen LogP contribution >= 0.6 is 0 Å². The van der Waals surface area contributed by atoms with Crippen molar-refractivity contribution >= 4 is 5.78 Å². The summed E-state index contributed by atoms with van der Waals surface area (Å²) < 4.78 is 4.88. The number of aliphatic hydroxyl groups is 1. The third-order valence-electron chi connectivity index (χ3n) is 1.89. The first-order valence-electron chi connectivity index (χ1n) is 3.82. The van der Waals surface area contributed by atoms with E-state index in [4.69, 9.17) is 4.74 Å². The van der Waals surface area contributed by atoms with Crippen LogP contribution in [0.25, 0.3) is 0 Å². The van der Waals surface area contributed by atoms with Crippen molar-refractivity contribution in [1.82, 2.24) is 0 Å². The van der Waals surface area contributed by atoms with Crippen LogP contribution in [0.2, 0.25) is 0 Å². The fourth-order valence-corrected chi connectivity index (χ4v) is 1.14. The predicted molar refractivity (Wildman–Crippen MR) is 44.7 cm³/mol. The molecule has 0 unspecified atom stereocenters. The summed E-state index contributed by atoms with van der Waals surface area (Å²) in [7, 11) is 1.48. The first-order valence-corrected chi connectivity index (χ1v) is 3.82. The lowest BCUT2D eigenvalue weighted by Gasteiger charge is -2.13. The Kier molecular flexibility index (Phi) is 2.53. The van der Waals surface area contributed by atoms with Crippen molar-refractivity contribution in [1.29, 1.82) is 0 Å². The molecule has 0 aromatic heterocycles. The van der Waals surface area contributed by atoms with Gasteiger partial charge in [0.05, 0.1) is 7.11 Å². The molecule has 3 nitrogen and oxygen atoms in total. The Labute approximate surface area is 71.3 Å². The lowest BCUT2D eigenvalue weighted by molar-refractivity contribution is -0.113. The molecule has 0 saturated carbocycles. The Bertz CT molecular complexity index is 261. The molecule has 0 saturated heterocycles. The summed E-state index contributed by atoms with van der Waals surface area (Å²) in [5.41, 5.74) is 0.713. The molecule has 0 aliphatic heterocycles. The maximum atomic E-state index is 10.9. The number of carbonyl (C=O) groups is 1. The number of carbonyl (C=O) groups excluding carboxylic acids is 1. The van der Waals surface area contributed by atoms with Crippen molar-refractivity contribution in [2.75, 3.05) is 7.11 Å². The lowest BCUT2D eigenvalue weighted by atomic mass is 10.00. The van der Waals surface area contributed by atoms with Gasteiger partial charge in [-0.1, -0.05) is 0 Å². The van der Waals surface area contributed by atoms with Crippen LogP contribution in [0.15, 0.2) is 23.2 Å².